The second-order valence-corrected chi connectivity index (χ2v) is 4.85. The Hall–Kier alpha value is -2.89. The topological polar surface area (TPSA) is 75.1 Å². The minimum atomic E-state index is -0.337. The number of nitrogens with zero attached hydrogens (tertiary/aromatic N) is 3. The number of carbonyl (C=O) groups excluding carboxylic acids is 1. The van der Waals surface area contributed by atoms with E-state index in [-0.39, 0.29) is 5.91 Å². The van der Waals surface area contributed by atoms with Crippen molar-refractivity contribution in [3.05, 3.63) is 53.5 Å². The SMILES string of the molecule is Cc1cc(C(=O)N/N=C/c2cn(C)c3ccccc23)n[nH]1. The van der Waals surface area contributed by atoms with Gasteiger partial charge in [0.1, 0.15) is 0 Å². The largest absolute Gasteiger partial charge is 0.350 e. The molecule has 106 valence electrons. The van der Waals surface area contributed by atoms with Gasteiger partial charge in [-0.25, -0.2) is 5.43 Å². The van der Waals surface area contributed by atoms with Gasteiger partial charge >= 0.3 is 0 Å². The van der Waals surface area contributed by atoms with E-state index in [4.69, 9.17) is 0 Å². The summed E-state index contributed by atoms with van der Waals surface area (Å²) in [5, 5.41) is 11.7. The van der Waals surface area contributed by atoms with Crippen molar-refractivity contribution in [3.63, 3.8) is 0 Å². The Labute approximate surface area is 121 Å². The number of hydrogen-bond acceptors (Lipinski definition) is 3. The fraction of sp³-hybridized carbons (Fsp3) is 0.133. The lowest BCUT2D eigenvalue weighted by Gasteiger charge is -1.94. The first-order chi connectivity index (χ1) is 10.1. The molecule has 0 spiro atoms. The summed E-state index contributed by atoms with van der Waals surface area (Å²) >= 11 is 0. The molecule has 2 aromatic heterocycles. The summed E-state index contributed by atoms with van der Waals surface area (Å²) in [5.74, 6) is -0.337. The number of hydrogen-bond donors (Lipinski definition) is 2. The zero-order valence-corrected chi connectivity index (χ0v) is 11.8. The fourth-order valence-corrected chi connectivity index (χ4v) is 2.23. The molecule has 0 atom stereocenters. The lowest BCUT2D eigenvalue weighted by atomic mass is 10.2. The molecule has 6 nitrogen and oxygen atoms in total. The monoisotopic (exact) mass is 281 g/mol. The lowest BCUT2D eigenvalue weighted by molar-refractivity contribution is 0.0950. The van der Waals surface area contributed by atoms with Gasteiger partial charge in [-0.1, -0.05) is 18.2 Å². The van der Waals surface area contributed by atoms with Crippen LogP contribution in [0.5, 0.6) is 0 Å². The smallest absolute Gasteiger partial charge is 0.291 e. The van der Waals surface area contributed by atoms with Gasteiger partial charge in [0.25, 0.3) is 5.91 Å². The molecule has 21 heavy (non-hydrogen) atoms. The van der Waals surface area contributed by atoms with Gasteiger partial charge in [-0.3, -0.25) is 9.89 Å². The number of nitrogens with one attached hydrogen (secondary N) is 2. The Kier molecular flexibility index (Phi) is 3.27. The van der Waals surface area contributed by atoms with Gasteiger partial charge < -0.3 is 4.57 Å². The highest BCUT2D eigenvalue weighted by Crippen LogP contribution is 2.18. The van der Waals surface area contributed by atoms with E-state index in [9.17, 15) is 4.79 Å². The second kappa shape index (κ2) is 5.24. The molecule has 0 radical (unpaired) electrons. The summed E-state index contributed by atoms with van der Waals surface area (Å²) in [4.78, 5) is 11.8. The number of amides is 1. The minimum Gasteiger partial charge on any atom is -0.350 e. The van der Waals surface area contributed by atoms with Crippen molar-refractivity contribution in [2.75, 3.05) is 0 Å². The molecule has 0 fully saturated rings. The van der Waals surface area contributed by atoms with E-state index in [2.05, 4.69) is 20.7 Å². The highest BCUT2D eigenvalue weighted by molar-refractivity contribution is 6.00. The van der Waals surface area contributed by atoms with Crippen LogP contribution in [0.15, 0.2) is 41.6 Å². The Morgan fingerprint density at radius 2 is 2.24 bits per heavy atom. The number of H-pyrrole nitrogens is 1. The van der Waals surface area contributed by atoms with Crippen LogP contribution in [0.3, 0.4) is 0 Å². The van der Waals surface area contributed by atoms with Crippen molar-refractivity contribution >= 4 is 23.0 Å². The average molecular weight is 281 g/mol. The molecule has 1 amide bonds. The molecule has 2 N–H and O–H groups in total. The highest BCUT2D eigenvalue weighted by Gasteiger charge is 2.08. The Morgan fingerprint density at radius 1 is 1.43 bits per heavy atom. The van der Waals surface area contributed by atoms with Crippen molar-refractivity contribution in [1.82, 2.24) is 20.2 Å². The summed E-state index contributed by atoms with van der Waals surface area (Å²) in [6.07, 6.45) is 3.61. The van der Waals surface area contributed by atoms with Crippen LogP contribution in [-0.4, -0.2) is 26.9 Å². The predicted molar refractivity (Wildman–Crippen MR) is 81.3 cm³/mol. The zero-order valence-electron chi connectivity index (χ0n) is 11.8. The molecule has 0 saturated carbocycles. The van der Waals surface area contributed by atoms with E-state index in [1.807, 2.05) is 49.0 Å². The number of para-hydroxylation sites is 1. The Bertz CT molecular complexity index is 828. The van der Waals surface area contributed by atoms with Gasteiger partial charge in [0.05, 0.1) is 6.21 Å². The first-order valence-corrected chi connectivity index (χ1v) is 6.54. The molecular weight excluding hydrogens is 266 g/mol. The summed E-state index contributed by atoms with van der Waals surface area (Å²) in [6.45, 7) is 1.84. The number of carbonyl (C=O) groups is 1. The number of aromatic nitrogens is 3. The fourth-order valence-electron chi connectivity index (χ4n) is 2.23. The maximum atomic E-state index is 11.8. The third-order valence-corrected chi connectivity index (χ3v) is 3.24. The molecule has 2 heterocycles. The summed E-state index contributed by atoms with van der Waals surface area (Å²) < 4.78 is 2.02. The number of hydrazone groups is 1. The number of fused-ring (bicyclic) bond motifs is 1. The molecule has 6 heteroatoms. The summed E-state index contributed by atoms with van der Waals surface area (Å²) in [5.41, 5.74) is 5.70. The molecular formula is C15H15N5O. The molecule has 1 aromatic carbocycles. The van der Waals surface area contributed by atoms with Crippen molar-refractivity contribution in [2.24, 2.45) is 12.1 Å². The number of aryl methyl sites for hydroxylation is 2. The minimum absolute atomic E-state index is 0.322. The lowest BCUT2D eigenvalue weighted by Crippen LogP contribution is -2.17. The molecule has 0 aliphatic carbocycles. The van der Waals surface area contributed by atoms with Gasteiger partial charge in [0.15, 0.2) is 5.69 Å². The quantitative estimate of drug-likeness (QED) is 0.569. The summed E-state index contributed by atoms with van der Waals surface area (Å²) in [6, 6.07) is 9.70. The summed E-state index contributed by atoms with van der Waals surface area (Å²) in [7, 11) is 1.98. The van der Waals surface area contributed by atoms with Crippen molar-refractivity contribution < 1.29 is 4.79 Å². The van der Waals surface area contributed by atoms with Crippen molar-refractivity contribution in [3.8, 4) is 0 Å². The third kappa shape index (κ3) is 2.55. The van der Waals surface area contributed by atoms with E-state index in [0.717, 1.165) is 22.2 Å². The molecule has 3 aromatic rings. The first-order valence-electron chi connectivity index (χ1n) is 6.54. The van der Waals surface area contributed by atoms with Gasteiger partial charge in [-0.15, -0.1) is 0 Å². The number of aromatic amines is 1. The standard InChI is InChI=1S/C15H15N5O/c1-10-7-13(18-17-10)15(21)19-16-8-11-9-20(2)14-6-4-3-5-12(11)14/h3-9H,1-2H3,(H,17,18)(H,19,21)/b16-8+. The third-order valence-electron chi connectivity index (χ3n) is 3.24. The van der Waals surface area contributed by atoms with Crippen LogP contribution in [0, 0.1) is 6.92 Å². The average Bonchev–Trinajstić information content (AvgIpc) is 3.04. The van der Waals surface area contributed by atoms with E-state index in [1.54, 1.807) is 12.3 Å². The van der Waals surface area contributed by atoms with Crippen molar-refractivity contribution in [2.45, 2.75) is 6.92 Å². The highest BCUT2D eigenvalue weighted by atomic mass is 16.2. The van der Waals surface area contributed by atoms with Gasteiger partial charge in [-0.05, 0) is 19.1 Å². The maximum absolute atomic E-state index is 11.8. The molecule has 0 aliphatic heterocycles. The zero-order chi connectivity index (χ0) is 14.8. The number of rotatable bonds is 3. The molecule has 0 saturated heterocycles. The van der Waals surface area contributed by atoms with E-state index in [0.29, 0.717) is 5.69 Å². The van der Waals surface area contributed by atoms with Crippen LogP contribution in [0.25, 0.3) is 10.9 Å². The number of benzene rings is 1. The normalized spacial score (nSPS) is 11.3. The predicted octanol–water partition coefficient (Wildman–Crippen LogP) is 1.97. The van der Waals surface area contributed by atoms with Crippen LogP contribution in [-0.2, 0) is 7.05 Å². The maximum Gasteiger partial charge on any atom is 0.291 e. The van der Waals surface area contributed by atoms with Crippen LogP contribution >= 0.6 is 0 Å². The molecule has 0 bridgehead atoms. The van der Waals surface area contributed by atoms with Gasteiger partial charge in [-0.2, -0.15) is 10.2 Å². The Morgan fingerprint density at radius 3 is 3.00 bits per heavy atom. The van der Waals surface area contributed by atoms with E-state index in [1.165, 1.54) is 0 Å². The van der Waals surface area contributed by atoms with Crippen LogP contribution in [0.2, 0.25) is 0 Å². The van der Waals surface area contributed by atoms with E-state index < -0.39 is 0 Å². The van der Waals surface area contributed by atoms with Crippen LogP contribution in [0.4, 0.5) is 0 Å². The molecule has 0 aliphatic rings. The molecule has 0 unspecified atom stereocenters. The molecule has 3 rings (SSSR count). The second-order valence-electron chi connectivity index (χ2n) is 4.85. The van der Waals surface area contributed by atoms with Crippen molar-refractivity contribution in [1.29, 1.82) is 0 Å². The van der Waals surface area contributed by atoms with Crippen LogP contribution < -0.4 is 5.43 Å². The van der Waals surface area contributed by atoms with Gasteiger partial charge in [0.2, 0.25) is 0 Å². The first kappa shape index (κ1) is 13.1. The Balaban J connectivity index is 1.78. The van der Waals surface area contributed by atoms with Crippen LogP contribution in [0.1, 0.15) is 21.7 Å². The van der Waals surface area contributed by atoms with Gasteiger partial charge in [0, 0.05) is 35.4 Å². The van der Waals surface area contributed by atoms with E-state index >= 15 is 0 Å².